The molecular weight excluding hydrogens is 234 g/mol. The number of alkyl halides is 1. The maximum absolute atomic E-state index is 13.2. The third kappa shape index (κ3) is 3.18. The summed E-state index contributed by atoms with van der Waals surface area (Å²) < 4.78 is 32.2. The Kier molecular flexibility index (Phi) is 3.83. The summed E-state index contributed by atoms with van der Waals surface area (Å²) in [5, 5.41) is 18.3. The summed E-state index contributed by atoms with van der Waals surface area (Å²) in [4.78, 5) is 16.8. The van der Waals surface area contributed by atoms with Crippen molar-refractivity contribution < 1.29 is 38.2 Å². The Balaban J connectivity index is 2.71. The van der Waals surface area contributed by atoms with Crippen LogP contribution in [0.1, 0.15) is 6.92 Å². The smallest absolute Gasteiger partial charge is 0.388 e. The van der Waals surface area contributed by atoms with Gasteiger partial charge >= 0.3 is 7.82 Å². The van der Waals surface area contributed by atoms with Gasteiger partial charge < -0.3 is 24.7 Å². The van der Waals surface area contributed by atoms with Crippen LogP contribution in [0, 0.1) is 0 Å². The van der Waals surface area contributed by atoms with E-state index in [2.05, 4.69) is 9.26 Å². The first kappa shape index (κ1) is 13.0. The van der Waals surface area contributed by atoms with Gasteiger partial charge in [-0.25, -0.2) is 8.96 Å². The van der Waals surface area contributed by atoms with E-state index in [1.807, 2.05) is 0 Å². The molecule has 15 heavy (non-hydrogen) atoms. The Labute approximate surface area is 84.7 Å². The van der Waals surface area contributed by atoms with Crippen molar-refractivity contribution in [2.75, 3.05) is 0 Å². The average molecular weight is 246 g/mol. The number of ether oxygens (including phenoxy) is 1. The van der Waals surface area contributed by atoms with E-state index < -0.39 is 38.6 Å². The molecule has 7 nitrogen and oxygen atoms in total. The lowest BCUT2D eigenvalue weighted by atomic mass is 10.0. The van der Waals surface area contributed by atoms with Gasteiger partial charge in [0.05, 0.1) is 6.10 Å². The van der Waals surface area contributed by atoms with E-state index in [-0.39, 0.29) is 0 Å². The minimum atomic E-state index is -4.90. The highest BCUT2D eigenvalue weighted by atomic mass is 31.2. The molecule has 0 unspecified atom stereocenters. The van der Waals surface area contributed by atoms with E-state index in [9.17, 15) is 8.96 Å². The third-order valence-electron chi connectivity index (χ3n) is 2.01. The van der Waals surface area contributed by atoms with E-state index in [4.69, 9.17) is 20.0 Å². The second-order valence-electron chi connectivity index (χ2n) is 3.23. The van der Waals surface area contributed by atoms with Crippen molar-refractivity contribution in [1.29, 1.82) is 0 Å². The summed E-state index contributed by atoms with van der Waals surface area (Å²) in [5.41, 5.74) is 0. The molecule has 0 spiro atoms. The molecule has 1 aliphatic heterocycles. The first-order valence-electron chi connectivity index (χ1n) is 4.12. The Bertz CT molecular complexity index is 268. The van der Waals surface area contributed by atoms with Crippen molar-refractivity contribution in [1.82, 2.24) is 0 Å². The molecule has 1 saturated heterocycles. The van der Waals surface area contributed by atoms with Crippen molar-refractivity contribution in [3.8, 4) is 0 Å². The van der Waals surface area contributed by atoms with Crippen molar-refractivity contribution in [3.63, 3.8) is 0 Å². The van der Waals surface area contributed by atoms with E-state index in [1.54, 1.807) is 0 Å². The average Bonchev–Trinajstić information content (AvgIpc) is 2.08. The molecule has 9 heteroatoms. The Morgan fingerprint density at radius 3 is 2.33 bits per heavy atom. The molecule has 0 aromatic carbocycles. The van der Waals surface area contributed by atoms with E-state index in [0.717, 1.165) is 0 Å². The van der Waals surface area contributed by atoms with Crippen LogP contribution in [-0.2, 0) is 13.8 Å². The van der Waals surface area contributed by atoms with Crippen LogP contribution in [0.3, 0.4) is 0 Å². The van der Waals surface area contributed by atoms with Crippen LogP contribution < -0.4 is 0 Å². The fraction of sp³-hybridized carbons (Fsp3) is 1.00. The molecule has 90 valence electrons. The van der Waals surface area contributed by atoms with Gasteiger partial charge in [-0.05, 0) is 6.92 Å². The fourth-order valence-corrected chi connectivity index (χ4v) is 1.65. The van der Waals surface area contributed by atoms with Crippen molar-refractivity contribution in [3.05, 3.63) is 0 Å². The van der Waals surface area contributed by atoms with Crippen LogP contribution in [0.5, 0.6) is 0 Å². The van der Waals surface area contributed by atoms with Gasteiger partial charge in [-0.3, -0.25) is 4.52 Å². The predicted molar refractivity (Wildman–Crippen MR) is 44.4 cm³/mol. The zero-order valence-electron chi connectivity index (χ0n) is 7.73. The largest absolute Gasteiger partial charge is 0.472 e. The van der Waals surface area contributed by atoms with Crippen molar-refractivity contribution in [2.24, 2.45) is 0 Å². The first-order chi connectivity index (χ1) is 6.72. The van der Waals surface area contributed by atoms with E-state index >= 15 is 0 Å². The second-order valence-corrected chi connectivity index (χ2v) is 4.42. The van der Waals surface area contributed by atoms with Gasteiger partial charge in [-0.1, -0.05) is 0 Å². The highest BCUT2D eigenvalue weighted by Crippen LogP contribution is 2.41. The molecule has 0 aliphatic carbocycles. The molecule has 1 aliphatic rings. The van der Waals surface area contributed by atoms with Gasteiger partial charge in [-0.15, -0.1) is 0 Å². The molecule has 0 aromatic heterocycles. The molecule has 4 N–H and O–H groups in total. The van der Waals surface area contributed by atoms with Crippen molar-refractivity contribution >= 4 is 7.82 Å². The summed E-state index contributed by atoms with van der Waals surface area (Å²) in [6, 6.07) is 0. The Hall–Kier alpha value is -0.0800. The standard InChI is InChI=1S/C6H12FO7P/c1-2-4(8)5(9)3(7)6(13-2)14-15(10,11)12/h2-6,8-9H,1H3,(H2,10,11,12)/t2-,3-,4+,5-,6-/m0/s1. The van der Waals surface area contributed by atoms with Gasteiger partial charge in [-0.2, -0.15) is 0 Å². The molecule has 5 atom stereocenters. The predicted octanol–water partition coefficient (Wildman–Crippen LogP) is -1.10. The lowest BCUT2D eigenvalue weighted by Crippen LogP contribution is -2.55. The summed E-state index contributed by atoms with van der Waals surface area (Å²) in [5.74, 6) is 0. The normalized spacial score (nSPS) is 42.9. The second kappa shape index (κ2) is 4.42. The molecule has 0 radical (unpaired) electrons. The zero-order chi connectivity index (χ0) is 11.8. The summed E-state index contributed by atoms with van der Waals surface area (Å²) in [6.45, 7) is 1.32. The van der Waals surface area contributed by atoms with Gasteiger partial charge in [0.1, 0.15) is 12.2 Å². The third-order valence-corrected chi connectivity index (χ3v) is 2.49. The monoisotopic (exact) mass is 246 g/mol. The van der Waals surface area contributed by atoms with Crippen LogP contribution in [0.25, 0.3) is 0 Å². The Morgan fingerprint density at radius 2 is 1.87 bits per heavy atom. The van der Waals surface area contributed by atoms with E-state index in [1.165, 1.54) is 6.92 Å². The Morgan fingerprint density at radius 1 is 1.33 bits per heavy atom. The number of phosphoric acid groups is 1. The van der Waals surface area contributed by atoms with Crippen molar-refractivity contribution in [2.45, 2.75) is 37.7 Å². The molecule has 0 saturated carbocycles. The minimum Gasteiger partial charge on any atom is -0.388 e. The summed E-state index contributed by atoms with van der Waals surface area (Å²) in [6.07, 6.45) is -8.35. The molecule has 1 rings (SSSR count). The molecule has 0 bridgehead atoms. The van der Waals surface area contributed by atoms with Crippen LogP contribution in [0.4, 0.5) is 4.39 Å². The van der Waals surface area contributed by atoms with Crippen LogP contribution >= 0.6 is 7.82 Å². The van der Waals surface area contributed by atoms with Crippen LogP contribution in [-0.4, -0.2) is 50.8 Å². The van der Waals surface area contributed by atoms with Crippen LogP contribution in [0.15, 0.2) is 0 Å². The number of aliphatic hydroxyl groups excluding tert-OH is 2. The van der Waals surface area contributed by atoms with Gasteiger partial charge in [0.2, 0.25) is 6.29 Å². The van der Waals surface area contributed by atoms with Gasteiger partial charge in [0, 0.05) is 0 Å². The SMILES string of the molecule is C[C@@H]1O[C@@H](OP(=O)(O)O)[C@@H](F)[C@H](O)[C@@H]1O. The summed E-state index contributed by atoms with van der Waals surface area (Å²) in [7, 11) is -4.90. The topological polar surface area (TPSA) is 116 Å². The van der Waals surface area contributed by atoms with Gasteiger partial charge in [0.25, 0.3) is 0 Å². The molecule has 0 aromatic rings. The quantitative estimate of drug-likeness (QED) is 0.457. The number of hydrogen-bond acceptors (Lipinski definition) is 5. The molecular formula is C6H12FO7P. The number of halogens is 1. The number of phosphoric ester groups is 1. The summed E-state index contributed by atoms with van der Waals surface area (Å²) >= 11 is 0. The number of rotatable bonds is 2. The first-order valence-corrected chi connectivity index (χ1v) is 5.65. The fourth-order valence-electron chi connectivity index (χ4n) is 1.21. The highest BCUT2D eigenvalue weighted by Gasteiger charge is 2.46. The highest BCUT2D eigenvalue weighted by molar-refractivity contribution is 7.46. The van der Waals surface area contributed by atoms with Crippen LogP contribution in [0.2, 0.25) is 0 Å². The van der Waals surface area contributed by atoms with Gasteiger partial charge in [0.15, 0.2) is 6.17 Å². The molecule has 1 fully saturated rings. The maximum Gasteiger partial charge on any atom is 0.472 e. The number of aliphatic hydroxyl groups is 2. The molecule has 1 heterocycles. The lowest BCUT2D eigenvalue weighted by molar-refractivity contribution is -0.254. The maximum atomic E-state index is 13.2. The van der Waals surface area contributed by atoms with E-state index in [0.29, 0.717) is 0 Å². The zero-order valence-corrected chi connectivity index (χ0v) is 8.62. The molecule has 0 amide bonds. The minimum absolute atomic E-state index is 0.983. The lowest BCUT2D eigenvalue weighted by Gasteiger charge is -2.37. The number of hydrogen-bond donors (Lipinski definition) is 4.